The zero-order chi connectivity index (χ0) is 42.5. The fraction of sp³-hybridized carbons (Fsp3) is 0.875. The van der Waals surface area contributed by atoms with E-state index in [1.54, 1.807) is 7.05 Å². The van der Waals surface area contributed by atoms with Crippen LogP contribution >= 0.6 is 7.82 Å². The number of hydrogen-bond donors (Lipinski definition) is 2. The van der Waals surface area contributed by atoms with Crippen LogP contribution in [-0.4, -0.2) is 56.3 Å². The highest BCUT2D eigenvalue weighted by atomic mass is 31.2. The summed E-state index contributed by atoms with van der Waals surface area (Å²) < 4.78 is 33.3. The number of ether oxygens (including phenoxy) is 2. The first kappa shape index (κ1) is 56.5. The summed E-state index contributed by atoms with van der Waals surface area (Å²) in [6.07, 6.45) is 47.9. The zero-order valence-corrected chi connectivity index (χ0v) is 38.9. The molecule has 0 aliphatic carbocycles. The standard InChI is InChI=1S/C48H92NO8P/c1-4-6-8-10-12-14-16-18-20-22-23-25-27-29-31-33-35-37-39-41-48(51)57-46(45-56-58(52,53)55-43-42-49-3)44-54-47(50)40-38-36-34-32-30-28-26-24-21-19-17-15-13-11-9-7-5-2/h13,15,19,21,46,49H,4-12,14,16-18,20,22-45H2,1-3H3,(H,52,53)/b15-13-,21-19-. The van der Waals surface area contributed by atoms with Crippen LogP contribution in [0.5, 0.6) is 0 Å². The summed E-state index contributed by atoms with van der Waals surface area (Å²) in [5.41, 5.74) is 0. The average molecular weight is 842 g/mol. The Hall–Kier alpha value is -1.51. The molecule has 0 bridgehead atoms. The van der Waals surface area contributed by atoms with E-state index in [1.807, 2.05) is 0 Å². The van der Waals surface area contributed by atoms with Crippen LogP contribution in [0.3, 0.4) is 0 Å². The Labute approximate surface area is 357 Å². The first-order valence-corrected chi connectivity index (χ1v) is 25.8. The van der Waals surface area contributed by atoms with Gasteiger partial charge in [0.1, 0.15) is 6.61 Å². The summed E-state index contributed by atoms with van der Waals surface area (Å²) >= 11 is 0. The van der Waals surface area contributed by atoms with E-state index >= 15 is 0 Å². The van der Waals surface area contributed by atoms with Gasteiger partial charge < -0.3 is 19.7 Å². The highest BCUT2D eigenvalue weighted by molar-refractivity contribution is 7.47. The second-order valence-electron chi connectivity index (χ2n) is 16.3. The summed E-state index contributed by atoms with van der Waals surface area (Å²) in [6, 6.07) is 0. The third kappa shape index (κ3) is 44.1. The van der Waals surface area contributed by atoms with Crippen LogP contribution in [0.25, 0.3) is 0 Å². The molecule has 342 valence electrons. The lowest BCUT2D eigenvalue weighted by molar-refractivity contribution is -0.161. The quantitative estimate of drug-likeness (QED) is 0.0267. The van der Waals surface area contributed by atoms with Gasteiger partial charge >= 0.3 is 19.8 Å². The van der Waals surface area contributed by atoms with Crippen LogP contribution in [-0.2, 0) is 32.7 Å². The molecule has 0 aromatic carbocycles. The minimum Gasteiger partial charge on any atom is -0.462 e. The third-order valence-electron chi connectivity index (χ3n) is 10.6. The van der Waals surface area contributed by atoms with Crippen molar-refractivity contribution in [1.82, 2.24) is 5.32 Å². The normalized spacial score (nSPS) is 13.4. The number of phosphoric ester groups is 1. The minimum absolute atomic E-state index is 0.0160. The van der Waals surface area contributed by atoms with Gasteiger partial charge in [-0.05, 0) is 52.0 Å². The lowest BCUT2D eigenvalue weighted by Crippen LogP contribution is -2.29. The summed E-state index contributed by atoms with van der Waals surface area (Å²) in [5.74, 6) is -0.804. The molecule has 0 fully saturated rings. The lowest BCUT2D eigenvalue weighted by Gasteiger charge is -2.20. The van der Waals surface area contributed by atoms with Gasteiger partial charge in [0.2, 0.25) is 0 Å². The molecule has 9 nitrogen and oxygen atoms in total. The monoisotopic (exact) mass is 842 g/mol. The zero-order valence-electron chi connectivity index (χ0n) is 38.0. The van der Waals surface area contributed by atoms with Crippen LogP contribution < -0.4 is 5.32 Å². The van der Waals surface area contributed by atoms with Gasteiger partial charge in [-0.3, -0.25) is 18.6 Å². The Bertz CT molecular complexity index is 1010. The van der Waals surface area contributed by atoms with Crippen molar-refractivity contribution in [3.63, 3.8) is 0 Å². The van der Waals surface area contributed by atoms with Crippen LogP contribution in [0.4, 0.5) is 0 Å². The molecule has 0 saturated carbocycles. The van der Waals surface area contributed by atoms with Crippen molar-refractivity contribution in [2.75, 3.05) is 33.4 Å². The highest BCUT2D eigenvalue weighted by Crippen LogP contribution is 2.43. The predicted molar refractivity (Wildman–Crippen MR) is 243 cm³/mol. The number of carbonyl (C=O) groups is 2. The van der Waals surface area contributed by atoms with E-state index in [0.29, 0.717) is 13.0 Å². The van der Waals surface area contributed by atoms with E-state index in [4.69, 9.17) is 18.5 Å². The summed E-state index contributed by atoms with van der Waals surface area (Å²) in [7, 11) is -2.65. The second-order valence-corrected chi connectivity index (χ2v) is 17.8. The number of allylic oxidation sites excluding steroid dienone is 4. The summed E-state index contributed by atoms with van der Waals surface area (Å²) in [5, 5.41) is 2.83. The van der Waals surface area contributed by atoms with Gasteiger partial charge in [0, 0.05) is 19.4 Å². The highest BCUT2D eigenvalue weighted by Gasteiger charge is 2.26. The van der Waals surface area contributed by atoms with Gasteiger partial charge in [0.25, 0.3) is 0 Å². The van der Waals surface area contributed by atoms with E-state index < -0.39 is 26.5 Å². The molecule has 10 heteroatoms. The smallest absolute Gasteiger partial charge is 0.462 e. The molecule has 0 spiro atoms. The summed E-state index contributed by atoms with van der Waals surface area (Å²) in [6.45, 7) is 4.23. The van der Waals surface area contributed by atoms with E-state index in [9.17, 15) is 19.0 Å². The maximum absolute atomic E-state index is 12.7. The molecule has 0 aromatic heterocycles. The average Bonchev–Trinajstić information content (AvgIpc) is 3.21. The van der Waals surface area contributed by atoms with E-state index in [1.165, 1.54) is 148 Å². The number of esters is 2. The lowest BCUT2D eigenvalue weighted by atomic mass is 10.0. The summed E-state index contributed by atoms with van der Waals surface area (Å²) in [4.78, 5) is 35.2. The van der Waals surface area contributed by atoms with E-state index in [2.05, 4.69) is 43.5 Å². The van der Waals surface area contributed by atoms with Crippen molar-refractivity contribution >= 4 is 19.8 Å². The van der Waals surface area contributed by atoms with Gasteiger partial charge in [0.15, 0.2) is 6.10 Å². The van der Waals surface area contributed by atoms with Gasteiger partial charge in [0.05, 0.1) is 13.2 Å². The van der Waals surface area contributed by atoms with Gasteiger partial charge in [-0.2, -0.15) is 0 Å². The third-order valence-corrected chi connectivity index (χ3v) is 11.6. The fourth-order valence-corrected chi connectivity index (χ4v) is 7.63. The molecular weight excluding hydrogens is 750 g/mol. The molecule has 0 heterocycles. The molecule has 0 amide bonds. The van der Waals surface area contributed by atoms with Gasteiger partial charge in [-0.1, -0.05) is 199 Å². The van der Waals surface area contributed by atoms with E-state index in [-0.39, 0.29) is 32.0 Å². The maximum Gasteiger partial charge on any atom is 0.472 e. The van der Waals surface area contributed by atoms with Crippen molar-refractivity contribution in [3.8, 4) is 0 Å². The Kier molecular flexibility index (Phi) is 43.9. The van der Waals surface area contributed by atoms with Crippen molar-refractivity contribution in [3.05, 3.63) is 24.3 Å². The van der Waals surface area contributed by atoms with Gasteiger partial charge in [-0.15, -0.1) is 0 Å². The number of phosphoric acid groups is 1. The van der Waals surface area contributed by atoms with Crippen LogP contribution in [0, 0.1) is 0 Å². The SMILES string of the molecule is CCCCC/C=C\C/C=C\CCCCCCCCCC(=O)OCC(COP(=O)(O)OCCNC)OC(=O)CCCCCCCCCCCCCCCCCCCCC. The Morgan fingerprint density at radius 1 is 0.534 bits per heavy atom. The molecule has 2 unspecified atom stereocenters. The Morgan fingerprint density at radius 2 is 0.931 bits per heavy atom. The molecular formula is C48H92NO8P. The largest absolute Gasteiger partial charge is 0.472 e. The van der Waals surface area contributed by atoms with Crippen molar-refractivity contribution in [2.45, 2.75) is 238 Å². The van der Waals surface area contributed by atoms with Crippen LogP contribution in [0.2, 0.25) is 0 Å². The Morgan fingerprint density at radius 3 is 1.40 bits per heavy atom. The van der Waals surface area contributed by atoms with Crippen molar-refractivity contribution in [2.24, 2.45) is 0 Å². The number of hydrogen-bond acceptors (Lipinski definition) is 8. The molecule has 0 aromatic rings. The topological polar surface area (TPSA) is 120 Å². The molecule has 2 atom stereocenters. The first-order valence-electron chi connectivity index (χ1n) is 24.3. The van der Waals surface area contributed by atoms with Crippen molar-refractivity contribution in [1.29, 1.82) is 0 Å². The minimum atomic E-state index is -4.35. The molecule has 0 radical (unpaired) electrons. The van der Waals surface area contributed by atoms with Crippen LogP contribution in [0.1, 0.15) is 232 Å². The number of nitrogens with one attached hydrogen (secondary N) is 1. The molecule has 58 heavy (non-hydrogen) atoms. The fourth-order valence-electron chi connectivity index (χ4n) is 6.88. The molecule has 0 aliphatic heterocycles. The molecule has 0 rings (SSSR count). The van der Waals surface area contributed by atoms with E-state index in [0.717, 1.165) is 51.4 Å². The molecule has 2 N–H and O–H groups in total. The first-order chi connectivity index (χ1) is 28.3. The number of likely N-dealkylation sites (N-methyl/N-ethyl adjacent to an activating group) is 1. The molecule has 0 saturated heterocycles. The predicted octanol–water partition coefficient (Wildman–Crippen LogP) is 14.2. The number of carbonyl (C=O) groups excluding carboxylic acids is 2. The van der Waals surface area contributed by atoms with Crippen molar-refractivity contribution < 1.29 is 37.6 Å². The molecule has 0 aliphatic rings. The second kappa shape index (κ2) is 45.0. The number of unbranched alkanes of at least 4 members (excludes halogenated alkanes) is 28. The van der Waals surface area contributed by atoms with Gasteiger partial charge in [-0.25, -0.2) is 4.57 Å². The Balaban J connectivity index is 4.13. The number of rotatable bonds is 46. The maximum atomic E-state index is 12.7. The van der Waals surface area contributed by atoms with Crippen LogP contribution in [0.15, 0.2) is 24.3 Å².